The molecule has 5 rings (SSSR count). The summed E-state index contributed by atoms with van der Waals surface area (Å²) in [5.41, 5.74) is 3.43. The summed E-state index contributed by atoms with van der Waals surface area (Å²) >= 11 is 1.39. The Morgan fingerprint density at radius 3 is 2.66 bits per heavy atom. The number of amides is 1. The molecule has 0 saturated carbocycles. The lowest BCUT2D eigenvalue weighted by molar-refractivity contribution is -0.117. The standard InChI is InChI=1S/C27H28N4O5S2/c1-38(35,36)31-16-23(22-7-2-3-8-25(22)31)27(34)28-15-21(33)14-26-29-24(17-37-26)18-5-4-6-19(13-18)30-11-9-20(32)10-12-30/h2-8,13,16-17,20,32H,9-12,14-15H2,1H3,(H,28,34). The number of para-hydroxylation sites is 1. The summed E-state index contributed by atoms with van der Waals surface area (Å²) in [5, 5.41) is 15.5. The normalized spacial score (nSPS) is 14.6. The first-order valence-electron chi connectivity index (χ1n) is 12.3. The number of hydrogen-bond acceptors (Lipinski definition) is 8. The zero-order chi connectivity index (χ0) is 26.9. The van der Waals surface area contributed by atoms with E-state index in [1.807, 2.05) is 23.6 Å². The Kier molecular flexibility index (Phi) is 7.33. The van der Waals surface area contributed by atoms with Crippen molar-refractivity contribution in [3.63, 3.8) is 0 Å². The predicted octanol–water partition coefficient (Wildman–Crippen LogP) is 3.08. The lowest BCUT2D eigenvalue weighted by Crippen LogP contribution is -2.35. The van der Waals surface area contributed by atoms with Crippen molar-refractivity contribution in [2.75, 3.05) is 30.8 Å². The Morgan fingerprint density at radius 2 is 1.89 bits per heavy atom. The SMILES string of the molecule is CS(=O)(=O)n1cc(C(=O)NCC(=O)Cc2nc(-c3cccc(N4CCC(O)CC4)c3)cs2)c2ccccc21. The number of piperidine rings is 1. The van der Waals surface area contributed by atoms with Crippen molar-refractivity contribution in [3.05, 3.63) is 70.7 Å². The van der Waals surface area contributed by atoms with Gasteiger partial charge in [0.2, 0.25) is 10.0 Å². The van der Waals surface area contributed by atoms with Crippen LogP contribution in [0.25, 0.3) is 22.2 Å². The maximum absolute atomic E-state index is 12.8. The van der Waals surface area contributed by atoms with Crippen LogP contribution in [0.5, 0.6) is 0 Å². The van der Waals surface area contributed by atoms with E-state index >= 15 is 0 Å². The summed E-state index contributed by atoms with van der Waals surface area (Å²) < 4.78 is 25.3. The van der Waals surface area contributed by atoms with Gasteiger partial charge in [-0.25, -0.2) is 17.4 Å². The number of aliphatic hydroxyl groups is 1. The highest BCUT2D eigenvalue weighted by Crippen LogP contribution is 2.28. The smallest absolute Gasteiger partial charge is 0.253 e. The molecular weight excluding hydrogens is 524 g/mol. The van der Waals surface area contributed by atoms with Crippen LogP contribution in [-0.4, -0.2) is 66.2 Å². The predicted molar refractivity (Wildman–Crippen MR) is 148 cm³/mol. The van der Waals surface area contributed by atoms with Gasteiger partial charge in [-0.2, -0.15) is 0 Å². The van der Waals surface area contributed by atoms with Crippen LogP contribution in [0.15, 0.2) is 60.1 Å². The van der Waals surface area contributed by atoms with Gasteiger partial charge in [0.15, 0.2) is 5.78 Å². The van der Waals surface area contributed by atoms with Crippen LogP contribution in [0, 0.1) is 0 Å². The van der Waals surface area contributed by atoms with Crippen molar-refractivity contribution in [1.82, 2.24) is 14.3 Å². The molecule has 11 heteroatoms. The molecule has 1 amide bonds. The summed E-state index contributed by atoms with van der Waals surface area (Å²) in [6, 6.07) is 14.8. The monoisotopic (exact) mass is 552 g/mol. The Labute approximate surface area is 224 Å². The lowest BCUT2D eigenvalue weighted by Gasteiger charge is -2.31. The van der Waals surface area contributed by atoms with Gasteiger partial charge in [-0.05, 0) is 31.0 Å². The quantitative estimate of drug-likeness (QED) is 0.345. The maximum Gasteiger partial charge on any atom is 0.253 e. The summed E-state index contributed by atoms with van der Waals surface area (Å²) in [6.45, 7) is 1.42. The van der Waals surface area contributed by atoms with Crippen molar-refractivity contribution in [1.29, 1.82) is 0 Å². The Morgan fingerprint density at radius 1 is 1.13 bits per heavy atom. The highest BCUT2D eigenvalue weighted by Gasteiger charge is 2.20. The molecule has 0 aliphatic carbocycles. The first-order valence-corrected chi connectivity index (χ1v) is 15.0. The van der Waals surface area contributed by atoms with E-state index in [0.717, 1.165) is 53.1 Å². The fourth-order valence-corrected chi connectivity index (χ4v) is 6.27. The van der Waals surface area contributed by atoms with Crippen molar-refractivity contribution in [3.8, 4) is 11.3 Å². The van der Waals surface area contributed by atoms with Crippen LogP contribution < -0.4 is 10.2 Å². The van der Waals surface area contributed by atoms with Crippen molar-refractivity contribution in [2.24, 2.45) is 0 Å². The molecule has 2 N–H and O–H groups in total. The molecular formula is C27H28N4O5S2. The molecule has 0 radical (unpaired) electrons. The molecule has 3 heterocycles. The number of nitrogens with one attached hydrogen (secondary N) is 1. The largest absolute Gasteiger partial charge is 0.393 e. The fourth-order valence-electron chi connectivity index (χ4n) is 4.62. The van der Waals surface area contributed by atoms with Crippen LogP contribution in [0.1, 0.15) is 28.2 Å². The number of carbonyl (C=O) groups excluding carboxylic acids is 2. The number of rotatable bonds is 8. The van der Waals surface area contributed by atoms with Gasteiger partial charge in [-0.3, -0.25) is 9.59 Å². The number of aliphatic hydroxyl groups excluding tert-OH is 1. The number of Topliss-reactive ketones (excluding diaryl/α,β-unsaturated/α-hetero) is 1. The molecule has 1 saturated heterocycles. The molecule has 4 aromatic rings. The first-order chi connectivity index (χ1) is 18.2. The number of carbonyl (C=O) groups is 2. The van der Waals surface area contributed by atoms with Crippen LogP contribution in [0.2, 0.25) is 0 Å². The number of thiazole rings is 1. The summed E-state index contributed by atoms with van der Waals surface area (Å²) in [4.78, 5) is 32.3. The van der Waals surface area contributed by atoms with Crippen molar-refractivity contribution in [2.45, 2.75) is 25.4 Å². The molecule has 0 spiro atoms. The highest BCUT2D eigenvalue weighted by molar-refractivity contribution is 7.89. The van der Waals surface area contributed by atoms with Gasteiger partial charge in [0, 0.05) is 41.3 Å². The van der Waals surface area contributed by atoms with Crippen LogP contribution in [0.4, 0.5) is 5.69 Å². The van der Waals surface area contributed by atoms with Gasteiger partial charge in [-0.1, -0.05) is 30.3 Å². The number of nitrogens with zero attached hydrogens (tertiary/aromatic N) is 3. The number of anilines is 1. The average molecular weight is 553 g/mol. The van der Waals surface area contributed by atoms with Gasteiger partial charge in [0.1, 0.15) is 5.01 Å². The van der Waals surface area contributed by atoms with Gasteiger partial charge in [0.05, 0.1) is 42.1 Å². The Hall–Kier alpha value is -3.54. The molecule has 1 aliphatic rings. The Balaban J connectivity index is 1.22. The molecule has 198 valence electrons. The Bertz CT molecular complexity index is 1600. The summed E-state index contributed by atoms with van der Waals surface area (Å²) in [5.74, 6) is -0.717. The summed E-state index contributed by atoms with van der Waals surface area (Å²) in [7, 11) is -3.60. The van der Waals surface area contributed by atoms with Gasteiger partial charge in [-0.15, -0.1) is 11.3 Å². The van der Waals surface area contributed by atoms with E-state index < -0.39 is 15.9 Å². The molecule has 1 fully saturated rings. The molecule has 9 nitrogen and oxygen atoms in total. The van der Waals surface area contributed by atoms with Gasteiger partial charge < -0.3 is 15.3 Å². The third-order valence-electron chi connectivity index (χ3n) is 6.60. The second kappa shape index (κ2) is 10.7. The average Bonchev–Trinajstić information content (AvgIpc) is 3.53. The molecule has 1 aliphatic heterocycles. The first kappa shape index (κ1) is 26.1. The number of fused-ring (bicyclic) bond motifs is 1. The zero-order valence-electron chi connectivity index (χ0n) is 20.8. The minimum absolute atomic E-state index is 0.0831. The number of benzene rings is 2. The fraction of sp³-hybridized carbons (Fsp3) is 0.296. The van der Waals surface area contributed by atoms with Gasteiger partial charge in [0.25, 0.3) is 5.91 Å². The van der Waals surface area contributed by atoms with Gasteiger partial charge >= 0.3 is 0 Å². The maximum atomic E-state index is 12.8. The third-order valence-corrected chi connectivity index (χ3v) is 8.46. The van der Waals surface area contributed by atoms with E-state index in [0.29, 0.717) is 15.9 Å². The van der Waals surface area contributed by atoms with E-state index in [1.165, 1.54) is 17.5 Å². The number of aromatic nitrogens is 2. The van der Waals surface area contributed by atoms with Crippen LogP contribution >= 0.6 is 11.3 Å². The second-order valence-electron chi connectivity index (χ2n) is 9.41. The van der Waals surface area contributed by atoms with Crippen LogP contribution in [0.3, 0.4) is 0 Å². The van der Waals surface area contributed by atoms with E-state index in [4.69, 9.17) is 0 Å². The van der Waals surface area contributed by atoms with Crippen LogP contribution in [-0.2, 0) is 21.2 Å². The van der Waals surface area contributed by atoms with E-state index in [9.17, 15) is 23.1 Å². The minimum Gasteiger partial charge on any atom is -0.393 e. The molecule has 0 unspecified atom stereocenters. The molecule has 2 aromatic heterocycles. The van der Waals surface area contributed by atoms with Crippen molar-refractivity contribution >= 4 is 49.6 Å². The molecule has 38 heavy (non-hydrogen) atoms. The number of hydrogen-bond donors (Lipinski definition) is 2. The highest BCUT2D eigenvalue weighted by atomic mass is 32.2. The van der Waals surface area contributed by atoms with E-state index in [1.54, 1.807) is 24.3 Å². The molecule has 0 atom stereocenters. The zero-order valence-corrected chi connectivity index (χ0v) is 22.5. The second-order valence-corrected chi connectivity index (χ2v) is 12.2. The minimum atomic E-state index is -3.60. The molecule has 0 bridgehead atoms. The van der Waals surface area contributed by atoms with E-state index in [2.05, 4.69) is 21.3 Å². The number of ketones is 1. The van der Waals surface area contributed by atoms with Crippen molar-refractivity contribution < 1.29 is 23.1 Å². The lowest BCUT2D eigenvalue weighted by atomic mass is 10.1. The van der Waals surface area contributed by atoms with E-state index in [-0.39, 0.29) is 30.4 Å². The third kappa shape index (κ3) is 5.64. The topological polar surface area (TPSA) is 122 Å². The summed E-state index contributed by atoms with van der Waals surface area (Å²) in [6.07, 6.45) is 3.72. The molecule has 2 aromatic carbocycles.